The third-order valence-electron chi connectivity index (χ3n) is 3.56. The fourth-order valence-corrected chi connectivity index (χ4v) is 2.62. The number of carbonyl (C=O) groups excluding carboxylic acids is 1. The van der Waals surface area contributed by atoms with E-state index in [1.54, 1.807) is 17.9 Å². The number of aryl methyl sites for hydroxylation is 3. The summed E-state index contributed by atoms with van der Waals surface area (Å²) < 4.78 is 6.94. The number of halogens is 1. The van der Waals surface area contributed by atoms with Crippen molar-refractivity contribution in [3.8, 4) is 5.75 Å². The lowest BCUT2D eigenvalue weighted by Gasteiger charge is -2.07. The van der Waals surface area contributed by atoms with E-state index in [1.165, 1.54) is 0 Å². The van der Waals surface area contributed by atoms with Crippen LogP contribution in [0, 0.1) is 6.92 Å². The van der Waals surface area contributed by atoms with Gasteiger partial charge in [-0.25, -0.2) is 0 Å². The maximum Gasteiger partial charge on any atom is 0.168 e. The van der Waals surface area contributed by atoms with Gasteiger partial charge in [0.2, 0.25) is 0 Å². The molecule has 0 aliphatic heterocycles. The summed E-state index contributed by atoms with van der Waals surface area (Å²) in [4.78, 5) is 12.4. The Morgan fingerprint density at radius 3 is 2.71 bits per heavy atom. The molecule has 0 bridgehead atoms. The number of benzene rings is 1. The van der Waals surface area contributed by atoms with E-state index in [0.717, 1.165) is 23.4 Å². The number of Topliss-reactive ketones (excluding diaryl/α,β-unsaturated/α-hetero) is 1. The SMILES string of the molecule is CCc1nn(C)c(CC(=O)c2ccc(C)c(OC)c2)c1Cl. The van der Waals surface area contributed by atoms with Crippen LogP contribution >= 0.6 is 11.6 Å². The second kappa shape index (κ2) is 6.31. The maximum atomic E-state index is 12.4. The first-order valence-electron chi connectivity index (χ1n) is 6.86. The van der Waals surface area contributed by atoms with E-state index in [0.29, 0.717) is 16.3 Å². The predicted molar refractivity (Wildman–Crippen MR) is 83.4 cm³/mol. The number of hydrogen-bond donors (Lipinski definition) is 0. The standard InChI is InChI=1S/C16H19ClN2O2/c1-5-12-16(17)13(19(3)18-12)9-14(20)11-7-6-10(2)15(8-11)21-4/h6-8H,5,9H2,1-4H3. The number of rotatable bonds is 5. The molecule has 1 aromatic carbocycles. The molecule has 0 fully saturated rings. The van der Waals surface area contributed by atoms with Crippen LogP contribution in [0.15, 0.2) is 18.2 Å². The lowest BCUT2D eigenvalue weighted by atomic mass is 10.0. The summed E-state index contributed by atoms with van der Waals surface area (Å²) in [7, 11) is 3.41. The van der Waals surface area contributed by atoms with Crippen molar-refractivity contribution in [3.05, 3.63) is 45.7 Å². The zero-order chi connectivity index (χ0) is 15.6. The first-order chi connectivity index (χ1) is 9.97. The molecule has 0 radical (unpaired) electrons. The van der Waals surface area contributed by atoms with Gasteiger partial charge in [-0.1, -0.05) is 30.7 Å². The van der Waals surface area contributed by atoms with Crippen molar-refractivity contribution in [2.75, 3.05) is 7.11 Å². The third kappa shape index (κ3) is 3.10. The molecule has 1 aromatic heterocycles. The minimum Gasteiger partial charge on any atom is -0.496 e. The lowest BCUT2D eigenvalue weighted by molar-refractivity contribution is 0.0990. The summed E-state index contributed by atoms with van der Waals surface area (Å²) in [6.07, 6.45) is 0.980. The second-order valence-electron chi connectivity index (χ2n) is 4.97. The van der Waals surface area contributed by atoms with Crippen LogP contribution in [0.25, 0.3) is 0 Å². The van der Waals surface area contributed by atoms with Crippen molar-refractivity contribution in [1.29, 1.82) is 0 Å². The Morgan fingerprint density at radius 1 is 1.43 bits per heavy atom. The molecule has 0 atom stereocenters. The zero-order valence-electron chi connectivity index (χ0n) is 12.7. The van der Waals surface area contributed by atoms with E-state index in [9.17, 15) is 4.79 Å². The van der Waals surface area contributed by atoms with Crippen molar-refractivity contribution in [3.63, 3.8) is 0 Å². The van der Waals surface area contributed by atoms with Crippen molar-refractivity contribution in [2.45, 2.75) is 26.7 Å². The molecule has 5 heteroatoms. The molecule has 0 aliphatic carbocycles. The smallest absolute Gasteiger partial charge is 0.168 e. The van der Waals surface area contributed by atoms with Crippen molar-refractivity contribution in [2.24, 2.45) is 7.05 Å². The number of ether oxygens (including phenoxy) is 1. The quantitative estimate of drug-likeness (QED) is 0.795. The van der Waals surface area contributed by atoms with Crippen LogP contribution in [0.4, 0.5) is 0 Å². The molecule has 0 spiro atoms. The number of ketones is 1. The topological polar surface area (TPSA) is 44.1 Å². The highest BCUT2D eigenvalue weighted by molar-refractivity contribution is 6.32. The molecule has 0 N–H and O–H groups in total. The first-order valence-corrected chi connectivity index (χ1v) is 7.23. The number of nitrogens with zero attached hydrogens (tertiary/aromatic N) is 2. The lowest BCUT2D eigenvalue weighted by Crippen LogP contribution is -2.08. The van der Waals surface area contributed by atoms with Crippen molar-refractivity contribution >= 4 is 17.4 Å². The molecule has 4 nitrogen and oxygen atoms in total. The van der Waals surface area contributed by atoms with Gasteiger partial charge in [-0.2, -0.15) is 5.10 Å². The summed E-state index contributed by atoms with van der Waals surface area (Å²) in [5.41, 5.74) is 3.19. The monoisotopic (exact) mass is 306 g/mol. The molecule has 112 valence electrons. The van der Waals surface area contributed by atoms with Crippen LogP contribution in [0.2, 0.25) is 5.02 Å². The molecule has 2 aromatic rings. The molecule has 0 saturated heterocycles. The normalized spacial score (nSPS) is 10.7. The van der Waals surface area contributed by atoms with Gasteiger partial charge in [0.15, 0.2) is 5.78 Å². The maximum absolute atomic E-state index is 12.4. The molecular weight excluding hydrogens is 288 g/mol. The Morgan fingerprint density at radius 2 is 2.14 bits per heavy atom. The average Bonchev–Trinajstić information content (AvgIpc) is 2.75. The van der Waals surface area contributed by atoms with Crippen LogP contribution in [0.5, 0.6) is 5.75 Å². The summed E-state index contributed by atoms with van der Waals surface area (Å²) in [5, 5.41) is 4.92. The van der Waals surface area contributed by atoms with E-state index in [1.807, 2.05) is 33.0 Å². The van der Waals surface area contributed by atoms with Gasteiger partial charge in [-0.05, 0) is 25.0 Å². The summed E-state index contributed by atoms with van der Waals surface area (Å²) in [5.74, 6) is 0.715. The van der Waals surface area contributed by atoms with Crippen molar-refractivity contribution < 1.29 is 9.53 Å². The minimum absolute atomic E-state index is 0.000790. The fraction of sp³-hybridized carbons (Fsp3) is 0.375. The van der Waals surface area contributed by atoms with Crippen LogP contribution in [-0.4, -0.2) is 22.7 Å². The molecule has 1 heterocycles. The number of hydrogen-bond acceptors (Lipinski definition) is 3. The van der Waals surface area contributed by atoms with E-state index < -0.39 is 0 Å². The van der Waals surface area contributed by atoms with E-state index in [-0.39, 0.29) is 12.2 Å². The highest BCUT2D eigenvalue weighted by Gasteiger charge is 2.17. The molecule has 2 rings (SSSR count). The fourth-order valence-electron chi connectivity index (χ4n) is 2.26. The summed E-state index contributed by atoms with van der Waals surface area (Å²) >= 11 is 6.28. The van der Waals surface area contributed by atoms with Crippen molar-refractivity contribution in [1.82, 2.24) is 9.78 Å². The Balaban J connectivity index is 2.28. The zero-order valence-corrected chi connectivity index (χ0v) is 13.5. The summed E-state index contributed by atoms with van der Waals surface area (Å²) in [6.45, 7) is 3.93. The van der Waals surface area contributed by atoms with Gasteiger partial charge in [0.05, 0.1) is 29.9 Å². The molecule has 0 amide bonds. The number of methoxy groups -OCH3 is 1. The van der Waals surface area contributed by atoms with Gasteiger partial charge < -0.3 is 4.74 Å². The van der Waals surface area contributed by atoms with Crippen LogP contribution in [0.3, 0.4) is 0 Å². The molecule has 0 saturated carbocycles. The van der Waals surface area contributed by atoms with Gasteiger partial charge in [-0.3, -0.25) is 9.48 Å². The van der Waals surface area contributed by atoms with Crippen LogP contribution in [0.1, 0.15) is 34.2 Å². The second-order valence-corrected chi connectivity index (χ2v) is 5.35. The van der Waals surface area contributed by atoms with Crippen LogP contribution in [-0.2, 0) is 19.9 Å². The molecule has 0 aliphatic rings. The Bertz CT molecular complexity index is 677. The number of aromatic nitrogens is 2. The highest BCUT2D eigenvalue weighted by atomic mass is 35.5. The minimum atomic E-state index is 0.000790. The van der Waals surface area contributed by atoms with Gasteiger partial charge in [-0.15, -0.1) is 0 Å². The Hall–Kier alpha value is -1.81. The number of carbonyl (C=O) groups is 1. The Kier molecular flexibility index (Phi) is 4.68. The van der Waals surface area contributed by atoms with Crippen LogP contribution < -0.4 is 4.74 Å². The third-order valence-corrected chi connectivity index (χ3v) is 4.00. The Labute approximate surface area is 129 Å². The van der Waals surface area contributed by atoms with Gasteiger partial charge in [0, 0.05) is 12.6 Å². The highest BCUT2D eigenvalue weighted by Crippen LogP contribution is 2.24. The molecular formula is C16H19ClN2O2. The predicted octanol–water partition coefficient (Wildman–Crippen LogP) is 3.38. The van der Waals surface area contributed by atoms with E-state index >= 15 is 0 Å². The van der Waals surface area contributed by atoms with E-state index in [2.05, 4.69) is 5.10 Å². The van der Waals surface area contributed by atoms with E-state index in [4.69, 9.17) is 16.3 Å². The largest absolute Gasteiger partial charge is 0.496 e. The molecule has 0 unspecified atom stereocenters. The summed E-state index contributed by atoms with van der Waals surface area (Å²) in [6, 6.07) is 5.46. The van der Waals surface area contributed by atoms with Gasteiger partial charge in [0.25, 0.3) is 0 Å². The average molecular weight is 307 g/mol. The van der Waals surface area contributed by atoms with Gasteiger partial charge in [0.1, 0.15) is 5.75 Å². The first kappa shape index (κ1) is 15.6. The van der Waals surface area contributed by atoms with Gasteiger partial charge >= 0.3 is 0 Å². The molecule has 21 heavy (non-hydrogen) atoms.